The second-order valence-electron chi connectivity index (χ2n) is 11.0. The number of likely N-dealkylation sites (tertiary alicyclic amines) is 1. The number of anilines is 1. The summed E-state index contributed by atoms with van der Waals surface area (Å²) in [6, 6.07) is 11.4. The number of primary amides is 1. The van der Waals surface area contributed by atoms with Crippen molar-refractivity contribution in [2.45, 2.75) is 45.2 Å². The predicted molar refractivity (Wildman–Crippen MR) is 176 cm³/mol. The monoisotopic (exact) mass is 674 g/mol. The first-order chi connectivity index (χ1) is 22.2. The maximum Gasteiger partial charge on any atom is 0.322 e. The predicted octanol–water partition coefficient (Wildman–Crippen LogP) is 5.35. The van der Waals surface area contributed by atoms with Gasteiger partial charge in [0.2, 0.25) is 5.88 Å². The van der Waals surface area contributed by atoms with E-state index >= 15 is 0 Å². The number of methoxy groups -OCH3 is 1. The molecule has 0 bridgehead atoms. The van der Waals surface area contributed by atoms with Gasteiger partial charge in [-0.15, -0.1) is 12.4 Å². The van der Waals surface area contributed by atoms with Crippen LogP contribution in [0.1, 0.15) is 58.9 Å². The molecule has 2 heterocycles. The lowest BCUT2D eigenvalue weighted by Crippen LogP contribution is -2.49. The summed E-state index contributed by atoms with van der Waals surface area (Å²) in [7, 11) is 1.57. The summed E-state index contributed by atoms with van der Waals surface area (Å²) in [6.45, 7) is 5.51. The summed E-state index contributed by atoms with van der Waals surface area (Å²) in [5, 5.41) is 5.28. The van der Waals surface area contributed by atoms with Crippen molar-refractivity contribution in [3.63, 3.8) is 0 Å². The summed E-state index contributed by atoms with van der Waals surface area (Å²) in [5.41, 5.74) is 5.93. The molecule has 0 aliphatic carbocycles. The number of ether oxygens (including phenoxy) is 2. The molecule has 0 radical (unpaired) electrons. The van der Waals surface area contributed by atoms with E-state index in [1.165, 1.54) is 0 Å². The molecule has 4 rings (SSSR count). The van der Waals surface area contributed by atoms with E-state index < -0.39 is 29.1 Å². The van der Waals surface area contributed by atoms with Crippen molar-refractivity contribution in [2.75, 3.05) is 45.2 Å². The number of nitrogens with zero attached hydrogens (tertiary/aromatic N) is 3. The van der Waals surface area contributed by atoms with Crippen LogP contribution in [0.15, 0.2) is 54.7 Å². The van der Waals surface area contributed by atoms with E-state index in [-0.39, 0.29) is 30.0 Å². The number of pyridine rings is 1. The number of nitrogens with one attached hydrogen (secondary N) is 2. The number of unbranched alkanes of at least 4 members (excludes halogenated alkanes) is 1. The van der Waals surface area contributed by atoms with Gasteiger partial charge in [-0.25, -0.2) is 18.6 Å². The number of piperidine rings is 1. The second kappa shape index (κ2) is 18.1. The molecule has 3 aromatic rings. The standard InChI is InChI=1S/C33H40F2N6O5.ClH/c1-3-4-14-41(33(44)39-29-18-26(31(36)42)27(34)19-28(29)35)24-11-15-40(16-12-24)21-22-5-10-30(38-20-22)46-25-8-6-23(7-9-25)32(43)37-13-17-45-2;/h5-10,18-20,24H,3-4,11-17,21H2,1-2H3,(H2,36,42)(H,37,43)(H,39,44);1H. The Morgan fingerprint density at radius 2 is 1.79 bits per heavy atom. The number of rotatable bonds is 14. The van der Waals surface area contributed by atoms with E-state index in [9.17, 15) is 23.2 Å². The van der Waals surface area contributed by atoms with Gasteiger partial charge in [0.1, 0.15) is 17.4 Å². The Morgan fingerprint density at radius 1 is 1.06 bits per heavy atom. The third-order valence-corrected chi connectivity index (χ3v) is 7.71. The van der Waals surface area contributed by atoms with Gasteiger partial charge in [-0.05, 0) is 55.2 Å². The minimum atomic E-state index is -1.08. The van der Waals surface area contributed by atoms with Crippen LogP contribution in [-0.2, 0) is 11.3 Å². The molecule has 0 saturated carbocycles. The number of aromatic nitrogens is 1. The van der Waals surface area contributed by atoms with Crippen LogP contribution >= 0.6 is 12.4 Å². The van der Waals surface area contributed by atoms with Crippen LogP contribution < -0.4 is 21.1 Å². The van der Waals surface area contributed by atoms with Crippen molar-refractivity contribution in [1.82, 2.24) is 20.1 Å². The van der Waals surface area contributed by atoms with Gasteiger partial charge in [0.05, 0.1) is 17.9 Å². The molecule has 1 fully saturated rings. The summed E-state index contributed by atoms with van der Waals surface area (Å²) in [5.74, 6) is -2.31. The Labute approximate surface area is 279 Å². The zero-order valence-corrected chi connectivity index (χ0v) is 27.3. The molecule has 1 aliphatic rings. The van der Waals surface area contributed by atoms with Crippen LogP contribution in [0.2, 0.25) is 0 Å². The minimum absolute atomic E-state index is 0. The zero-order valence-electron chi connectivity index (χ0n) is 26.5. The van der Waals surface area contributed by atoms with Gasteiger partial charge >= 0.3 is 6.03 Å². The molecule has 1 aliphatic heterocycles. The lowest BCUT2D eigenvalue weighted by Gasteiger charge is -2.38. The largest absolute Gasteiger partial charge is 0.439 e. The smallest absolute Gasteiger partial charge is 0.322 e. The number of benzene rings is 2. The lowest BCUT2D eigenvalue weighted by molar-refractivity contribution is 0.0936. The highest BCUT2D eigenvalue weighted by Crippen LogP contribution is 2.24. The van der Waals surface area contributed by atoms with Crippen molar-refractivity contribution >= 4 is 35.9 Å². The Morgan fingerprint density at radius 3 is 2.40 bits per heavy atom. The molecule has 47 heavy (non-hydrogen) atoms. The second-order valence-corrected chi connectivity index (χ2v) is 11.0. The average molecular weight is 675 g/mol. The fourth-order valence-corrected chi connectivity index (χ4v) is 5.17. The Hall–Kier alpha value is -4.33. The third kappa shape index (κ3) is 10.6. The van der Waals surface area contributed by atoms with Crippen molar-refractivity contribution in [3.8, 4) is 11.6 Å². The zero-order chi connectivity index (χ0) is 33.1. The number of hydrogen-bond donors (Lipinski definition) is 3. The number of carbonyl (C=O) groups is 3. The van der Waals surface area contributed by atoms with Crippen LogP contribution in [0.5, 0.6) is 11.6 Å². The fraction of sp³-hybridized carbons (Fsp3) is 0.394. The van der Waals surface area contributed by atoms with Crippen LogP contribution in [0.3, 0.4) is 0 Å². The first-order valence-electron chi connectivity index (χ1n) is 15.3. The SMILES string of the molecule is CCCCN(C(=O)Nc1cc(C(N)=O)c(F)cc1F)C1CCN(Cc2ccc(Oc3ccc(C(=O)NCCOC)cc3)nc2)CC1.Cl. The van der Waals surface area contributed by atoms with Crippen LogP contribution in [0.4, 0.5) is 19.3 Å². The van der Waals surface area contributed by atoms with Crippen LogP contribution in [-0.4, -0.2) is 78.6 Å². The molecule has 14 heteroatoms. The van der Waals surface area contributed by atoms with Gasteiger partial charge in [-0.3, -0.25) is 14.5 Å². The van der Waals surface area contributed by atoms with E-state index in [0.29, 0.717) is 62.3 Å². The van der Waals surface area contributed by atoms with E-state index in [0.717, 1.165) is 37.6 Å². The molecular formula is C33H41ClF2N6O5. The molecule has 254 valence electrons. The highest BCUT2D eigenvalue weighted by molar-refractivity contribution is 5.96. The summed E-state index contributed by atoms with van der Waals surface area (Å²) < 4.78 is 39.1. The van der Waals surface area contributed by atoms with E-state index in [2.05, 4.69) is 20.5 Å². The molecule has 1 aromatic heterocycles. The van der Waals surface area contributed by atoms with E-state index in [4.69, 9.17) is 15.2 Å². The summed E-state index contributed by atoms with van der Waals surface area (Å²) in [6.07, 6.45) is 4.82. The molecule has 0 unspecified atom stereocenters. The number of halogens is 3. The van der Waals surface area contributed by atoms with Gasteiger partial charge in [-0.1, -0.05) is 19.4 Å². The van der Waals surface area contributed by atoms with Crippen LogP contribution in [0, 0.1) is 11.6 Å². The normalized spacial score (nSPS) is 13.4. The number of urea groups is 1. The van der Waals surface area contributed by atoms with Gasteiger partial charge in [0.25, 0.3) is 11.8 Å². The van der Waals surface area contributed by atoms with E-state index in [1.807, 2.05) is 13.0 Å². The highest BCUT2D eigenvalue weighted by Gasteiger charge is 2.28. The third-order valence-electron chi connectivity index (χ3n) is 7.71. The number of nitrogens with two attached hydrogens (primary N) is 1. The molecule has 0 spiro atoms. The van der Waals surface area contributed by atoms with E-state index in [1.54, 1.807) is 48.5 Å². The minimum Gasteiger partial charge on any atom is -0.439 e. The molecule has 11 nitrogen and oxygen atoms in total. The van der Waals surface area contributed by atoms with Crippen LogP contribution in [0.25, 0.3) is 0 Å². The average Bonchev–Trinajstić information content (AvgIpc) is 3.04. The first-order valence-corrected chi connectivity index (χ1v) is 15.3. The molecule has 4 amide bonds. The Bertz CT molecular complexity index is 1490. The molecule has 4 N–H and O–H groups in total. The molecule has 1 saturated heterocycles. The quantitative estimate of drug-likeness (QED) is 0.196. The molecule has 0 atom stereocenters. The number of hydrogen-bond acceptors (Lipinski definition) is 7. The van der Waals surface area contributed by atoms with Gasteiger partial charge in [0.15, 0.2) is 0 Å². The first kappa shape index (κ1) is 37.1. The van der Waals surface area contributed by atoms with Gasteiger partial charge in [0, 0.05) is 69.8 Å². The number of amides is 4. The fourth-order valence-electron chi connectivity index (χ4n) is 5.17. The highest BCUT2D eigenvalue weighted by atomic mass is 35.5. The van der Waals surface area contributed by atoms with Crippen molar-refractivity contribution in [1.29, 1.82) is 0 Å². The summed E-state index contributed by atoms with van der Waals surface area (Å²) in [4.78, 5) is 45.3. The Kier molecular flexibility index (Phi) is 14.3. The maximum absolute atomic E-state index is 14.4. The molecular weight excluding hydrogens is 634 g/mol. The lowest BCUT2D eigenvalue weighted by atomic mass is 10.0. The van der Waals surface area contributed by atoms with Crippen molar-refractivity contribution in [2.24, 2.45) is 5.73 Å². The number of carbonyl (C=O) groups excluding carboxylic acids is 3. The molecule has 2 aromatic carbocycles. The van der Waals surface area contributed by atoms with Crippen molar-refractivity contribution in [3.05, 3.63) is 83.1 Å². The van der Waals surface area contributed by atoms with Gasteiger partial charge in [-0.2, -0.15) is 0 Å². The summed E-state index contributed by atoms with van der Waals surface area (Å²) >= 11 is 0. The topological polar surface area (TPSA) is 139 Å². The maximum atomic E-state index is 14.4. The Balaban J connectivity index is 0.00000600. The van der Waals surface area contributed by atoms with Crippen molar-refractivity contribution < 1.29 is 32.6 Å². The van der Waals surface area contributed by atoms with Gasteiger partial charge < -0.3 is 30.7 Å².